The van der Waals surface area contributed by atoms with E-state index in [-0.39, 0.29) is 11.3 Å². The highest BCUT2D eigenvalue weighted by atomic mass is 35.5. The van der Waals surface area contributed by atoms with E-state index in [9.17, 15) is 9.90 Å². The first-order valence-corrected chi connectivity index (χ1v) is 9.24. The molecule has 2 N–H and O–H groups in total. The van der Waals surface area contributed by atoms with Gasteiger partial charge >= 0.3 is 0 Å². The molecule has 0 radical (unpaired) electrons. The molecule has 0 aliphatic heterocycles. The molecule has 2 aromatic carbocycles. The minimum Gasteiger partial charge on any atom is -0.507 e. The van der Waals surface area contributed by atoms with Gasteiger partial charge in [-0.1, -0.05) is 48.4 Å². The molecular formula is C22H24ClNO3. The first kappa shape index (κ1) is 20.6. The Morgan fingerprint density at radius 2 is 2.07 bits per heavy atom. The zero-order valence-electron chi connectivity index (χ0n) is 15.5. The van der Waals surface area contributed by atoms with Crippen molar-refractivity contribution in [2.24, 2.45) is 0 Å². The molecule has 0 aromatic heterocycles. The molecule has 5 heteroatoms. The maximum absolute atomic E-state index is 12.4. The standard InChI is InChI=1S/C22H24ClNO3/c1-3-5-7-16(4-2)12-13-27-19-9-6-8-18(15-19)24-22(26)20-14-17(23)10-11-21(20)25/h3,5-11,14-15,25H,4,12-13H2,1-2H3,(H,24,26)/b5-3-,16-7+. The Hall–Kier alpha value is -2.72. The molecule has 0 heterocycles. The van der Waals surface area contributed by atoms with E-state index in [1.54, 1.807) is 18.2 Å². The molecule has 1 amide bonds. The number of ether oxygens (including phenoxy) is 1. The zero-order valence-corrected chi connectivity index (χ0v) is 16.3. The van der Waals surface area contributed by atoms with Crippen LogP contribution in [0, 0.1) is 0 Å². The fraction of sp³-hybridized carbons (Fsp3) is 0.227. The topological polar surface area (TPSA) is 58.6 Å². The van der Waals surface area contributed by atoms with Crippen molar-refractivity contribution in [2.75, 3.05) is 11.9 Å². The van der Waals surface area contributed by atoms with Gasteiger partial charge in [-0.2, -0.15) is 0 Å². The quantitative estimate of drug-likeness (QED) is 0.549. The van der Waals surface area contributed by atoms with Gasteiger partial charge < -0.3 is 15.2 Å². The number of allylic oxidation sites excluding steroid dienone is 3. The van der Waals surface area contributed by atoms with Gasteiger partial charge in [0.1, 0.15) is 11.5 Å². The summed E-state index contributed by atoms with van der Waals surface area (Å²) in [6, 6.07) is 11.5. The summed E-state index contributed by atoms with van der Waals surface area (Å²) in [4.78, 5) is 12.4. The smallest absolute Gasteiger partial charge is 0.259 e. The fourth-order valence-electron chi connectivity index (χ4n) is 2.46. The molecule has 0 spiro atoms. The van der Waals surface area contributed by atoms with Crippen LogP contribution in [0.15, 0.2) is 66.3 Å². The van der Waals surface area contributed by atoms with Crippen molar-refractivity contribution in [2.45, 2.75) is 26.7 Å². The predicted octanol–water partition coefficient (Wildman–Crippen LogP) is 5.98. The Kier molecular flexibility index (Phi) is 7.96. The van der Waals surface area contributed by atoms with Crippen LogP contribution in [0.3, 0.4) is 0 Å². The molecule has 2 rings (SSSR count). The number of nitrogens with one attached hydrogen (secondary N) is 1. The molecule has 2 aromatic rings. The van der Waals surface area contributed by atoms with Crippen LogP contribution >= 0.6 is 11.6 Å². The highest BCUT2D eigenvalue weighted by Gasteiger charge is 2.12. The van der Waals surface area contributed by atoms with E-state index in [1.165, 1.54) is 23.8 Å². The van der Waals surface area contributed by atoms with Gasteiger partial charge in [-0.25, -0.2) is 0 Å². The summed E-state index contributed by atoms with van der Waals surface area (Å²) in [5, 5.41) is 13.0. The lowest BCUT2D eigenvalue weighted by Crippen LogP contribution is -2.12. The fourth-order valence-corrected chi connectivity index (χ4v) is 2.63. The number of halogens is 1. The van der Waals surface area contributed by atoms with Crippen molar-refractivity contribution in [1.82, 2.24) is 0 Å². The molecule has 0 bridgehead atoms. The predicted molar refractivity (Wildman–Crippen MR) is 111 cm³/mol. The number of phenols is 1. The van der Waals surface area contributed by atoms with E-state index in [1.807, 2.05) is 25.1 Å². The van der Waals surface area contributed by atoms with Crippen molar-refractivity contribution < 1.29 is 14.6 Å². The summed E-state index contributed by atoms with van der Waals surface area (Å²) in [5.74, 6) is 0.114. The van der Waals surface area contributed by atoms with Gasteiger partial charge in [-0.3, -0.25) is 4.79 Å². The van der Waals surface area contributed by atoms with Crippen molar-refractivity contribution in [3.05, 3.63) is 76.9 Å². The van der Waals surface area contributed by atoms with Crippen molar-refractivity contribution >= 4 is 23.2 Å². The van der Waals surface area contributed by atoms with E-state index >= 15 is 0 Å². The van der Waals surface area contributed by atoms with E-state index < -0.39 is 5.91 Å². The molecule has 0 fully saturated rings. The van der Waals surface area contributed by atoms with Gasteiger partial charge in [-0.05, 0) is 43.7 Å². The number of benzene rings is 2. The Morgan fingerprint density at radius 1 is 1.26 bits per heavy atom. The third-order valence-corrected chi connectivity index (χ3v) is 4.20. The summed E-state index contributed by atoms with van der Waals surface area (Å²) in [6.45, 7) is 4.67. The molecule has 0 saturated heterocycles. The summed E-state index contributed by atoms with van der Waals surface area (Å²) in [5.41, 5.74) is 2.02. The number of hydrogen-bond acceptors (Lipinski definition) is 3. The molecule has 4 nitrogen and oxygen atoms in total. The average Bonchev–Trinajstić information content (AvgIpc) is 2.66. The van der Waals surface area contributed by atoms with Crippen molar-refractivity contribution in [1.29, 1.82) is 0 Å². The Labute approximate surface area is 165 Å². The van der Waals surface area contributed by atoms with E-state index in [4.69, 9.17) is 16.3 Å². The lowest BCUT2D eigenvalue weighted by molar-refractivity contribution is 0.102. The van der Waals surface area contributed by atoms with Crippen molar-refractivity contribution in [3.8, 4) is 11.5 Å². The minimum absolute atomic E-state index is 0.121. The molecule has 0 atom stereocenters. The molecular weight excluding hydrogens is 362 g/mol. The number of rotatable bonds is 8. The third-order valence-electron chi connectivity index (χ3n) is 3.97. The van der Waals surface area contributed by atoms with Crippen LogP contribution in [0.5, 0.6) is 11.5 Å². The molecule has 0 saturated carbocycles. The second kappa shape index (κ2) is 10.4. The maximum Gasteiger partial charge on any atom is 0.259 e. The summed E-state index contributed by atoms with van der Waals surface area (Å²) in [6.07, 6.45) is 7.96. The summed E-state index contributed by atoms with van der Waals surface area (Å²) >= 11 is 5.90. The molecule has 0 unspecified atom stereocenters. The molecule has 27 heavy (non-hydrogen) atoms. The maximum atomic E-state index is 12.4. The highest BCUT2D eigenvalue weighted by Crippen LogP contribution is 2.24. The zero-order chi connectivity index (χ0) is 19.6. The summed E-state index contributed by atoms with van der Waals surface area (Å²) < 4.78 is 5.80. The first-order valence-electron chi connectivity index (χ1n) is 8.87. The van der Waals surface area contributed by atoms with Crippen LogP contribution in [0.25, 0.3) is 0 Å². The largest absolute Gasteiger partial charge is 0.507 e. The highest BCUT2D eigenvalue weighted by molar-refractivity contribution is 6.31. The number of carbonyl (C=O) groups is 1. The number of anilines is 1. The van der Waals surface area contributed by atoms with Gasteiger partial charge in [0.05, 0.1) is 12.2 Å². The normalized spacial score (nSPS) is 11.6. The SMILES string of the molecule is C/C=C\C=C(/CC)CCOc1cccc(NC(=O)c2cc(Cl)ccc2O)c1. The van der Waals surface area contributed by atoms with Gasteiger partial charge in [-0.15, -0.1) is 0 Å². The van der Waals surface area contributed by atoms with Crippen LogP contribution in [-0.2, 0) is 0 Å². The minimum atomic E-state index is -0.435. The number of carbonyl (C=O) groups excluding carboxylic acids is 1. The summed E-state index contributed by atoms with van der Waals surface area (Å²) in [7, 11) is 0. The van der Waals surface area contributed by atoms with Crippen LogP contribution in [0.2, 0.25) is 5.02 Å². The molecule has 142 valence electrons. The van der Waals surface area contributed by atoms with Crippen LogP contribution in [0.1, 0.15) is 37.0 Å². The van der Waals surface area contributed by atoms with E-state index in [2.05, 4.69) is 18.3 Å². The number of aromatic hydroxyl groups is 1. The lowest BCUT2D eigenvalue weighted by atomic mass is 10.1. The Morgan fingerprint density at radius 3 is 2.81 bits per heavy atom. The number of amides is 1. The molecule has 0 aliphatic rings. The second-order valence-corrected chi connectivity index (χ2v) is 6.38. The van der Waals surface area contributed by atoms with Gasteiger partial charge in [0.15, 0.2) is 0 Å². The van der Waals surface area contributed by atoms with Crippen LogP contribution in [-0.4, -0.2) is 17.6 Å². The Bertz CT molecular complexity index is 843. The monoisotopic (exact) mass is 385 g/mol. The van der Waals surface area contributed by atoms with Gasteiger partial charge in [0.2, 0.25) is 0 Å². The van der Waals surface area contributed by atoms with Crippen LogP contribution < -0.4 is 10.1 Å². The third kappa shape index (κ3) is 6.50. The Balaban J connectivity index is 1.98. The van der Waals surface area contributed by atoms with E-state index in [0.29, 0.717) is 23.1 Å². The van der Waals surface area contributed by atoms with Crippen LogP contribution in [0.4, 0.5) is 5.69 Å². The lowest BCUT2D eigenvalue weighted by Gasteiger charge is -2.11. The number of phenolic OH excluding ortho intramolecular Hbond substituents is 1. The van der Waals surface area contributed by atoms with E-state index in [0.717, 1.165) is 12.8 Å². The number of hydrogen-bond donors (Lipinski definition) is 2. The molecule has 0 aliphatic carbocycles. The average molecular weight is 386 g/mol. The first-order chi connectivity index (χ1) is 13.0. The van der Waals surface area contributed by atoms with Gasteiger partial charge in [0, 0.05) is 23.2 Å². The second-order valence-electron chi connectivity index (χ2n) is 5.95. The van der Waals surface area contributed by atoms with Crippen molar-refractivity contribution in [3.63, 3.8) is 0 Å². The van der Waals surface area contributed by atoms with Gasteiger partial charge in [0.25, 0.3) is 5.91 Å².